The summed E-state index contributed by atoms with van der Waals surface area (Å²) in [6.07, 6.45) is 7.45. The Kier molecular flexibility index (Phi) is 3.69. The Bertz CT molecular complexity index is 828. The van der Waals surface area contributed by atoms with E-state index in [9.17, 15) is 4.79 Å². The van der Waals surface area contributed by atoms with Gasteiger partial charge in [-0.3, -0.25) is 4.98 Å². The molecule has 22 heavy (non-hydrogen) atoms. The molecule has 0 aliphatic heterocycles. The highest BCUT2D eigenvalue weighted by molar-refractivity contribution is 5.86. The van der Waals surface area contributed by atoms with Crippen LogP contribution in [-0.2, 0) is 13.0 Å². The third kappa shape index (κ3) is 2.73. The number of anilines is 1. The van der Waals surface area contributed by atoms with Crippen LogP contribution in [0.1, 0.15) is 28.7 Å². The fourth-order valence-electron chi connectivity index (χ4n) is 2.17. The zero-order valence-electron chi connectivity index (χ0n) is 12.0. The maximum Gasteiger partial charge on any atom is 0.356 e. The van der Waals surface area contributed by atoms with E-state index in [1.54, 1.807) is 23.0 Å². The molecule has 0 spiro atoms. The van der Waals surface area contributed by atoms with Crippen LogP contribution >= 0.6 is 0 Å². The number of hydrogen-bond donors (Lipinski definition) is 2. The zero-order chi connectivity index (χ0) is 15.5. The first-order valence-corrected chi connectivity index (χ1v) is 6.92. The van der Waals surface area contributed by atoms with Gasteiger partial charge in [0.05, 0.1) is 12.2 Å². The molecule has 3 aromatic rings. The average Bonchev–Trinajstić information content (AvgIpc) is 2.98. The summed E-state index contributed by atoms with van der Waals surface area (Å²) in [5.74, 6) is -0.536. The number of imidazole rings is 1. The van der Waals surface area contributed by atoms with Gasteiger partial charge < -0.3 is 14.8 Å². The first-order valence-electron chi connectivity index (χ1n) is 6.92. The maximum absolute atomic E-state index is 11.0. The van der Waals surface area contributed by atoms with Gasteiger partial charge in [0, 0.05) is 24.8 Å². The molecule has 0 saturated carbocycles. The third-order valence-corrected chi connectivity index (χ3v) is 3.32. The second-order valence-electron chi connectivity index (χ2n) is 4.80. The van der Waals surface area contributed by atoms with Crippen LogP contribution in [0.25, 0.3) is 5.65 Å². The predicted octanol–water partition coefficient (Wildman–Crippen LogP) is 2.00. The standard InChI is InChI=1S/C15H15N5O2/c1-2-10-3-4-16-11(7-10)8-18-13-14-19-12(15(21)22)9-20(14)6-5-17-13/h3-7,9H,2,8H2,1H3,(H,17,18)(H,21,22). The molecule has 7 nitrogen and oxygen atoms in total. The molecule has 0 aliphatic rings. The molecule has 0 aliphatic carbocycles. The summed E-state index contributed by atoms with van der Waals surface area (Å²) in [6, 6.07) is 4.01. The molecule has 2 N–H and O–H groups in total. The molecule has 3 aromatic heterocycles. The number of aromatic nitrogens is 4. The lowest BCUT2D eigenvalue weighted by molar-refractivity contribution is 0.0691. The SMILES string of the molecule is CCc1ccnc(CNc2nccn3cc(C(=O)O)nc23)c1. The molecule has 0 unspecified atom stereocenters. The van der Waals surface area contributed by atoms with Crippen LogP contribution in [0, 0.1) is 0 Å². The van der Waals surface area contributed by atoms with Gasteiger partial charge in [-0.2, -0.15) is 0 Å². The van der Waals surface area contributed by atoms with Gasteiger partial charge in [0.2, 0.25) is 0 Å². The van der Waals surface area contributed by atoms with Gasteiger partial charge in [-0.15, -0.1) is 0 Å². The number of hydrogen-bond acceptors (Lipinski definition) is 5. The maximum atomic E-state index is 11.0. The summed E-state index contributed by atoms with van der Waals surface area (Å²) < 4.78 is 1.63. The van der Waals surface area contributed by atoms with Gasteiger partial charge in [-0.1, -0.05) is 6.92 Å². The molecule has 0 aromatic carbocycles. The van der Waals surface area contributed by atoms with Gasteiger partial charge in [0.15, 0.2) is 17.2 Å². The van der Waals surface area contributed by atoms with Crippen LogP contribution in [0.4, 0.5) is 5.82 Å². The minimum Gasteiger partial charge on any atom is -0.476 e. The van der Waals surface area contributed by atoms with Crippen molar-refractivity contribution in [3.8, 4) is 0 Å². The minimum absolute atomic E-state index is 0.0119. The summed E-state index contributed by atoms with van der Waals surface area (Å²) in [7, 11) is 0. The predicted molar refractivity (Wildman–Crippen MR) is 80.9 cm³/mol. The van der Waals surface area contributed by atoms with Crippen molar-refractivity contribution in [3.05, 3.63) is 53.9 Å². The molecule has 112 valence electrons. The fraction of sp³-hybridized carbons (Fsp3) is 0.200. The molecule has 0 fully saturated rings. The van der Waals surface area contributed by atoms with Gasteiger partial charge in [-0.25, -0.2) is 14.8 Å². The number of carboxylic acid groups (broad SMARTS) is 1. The van der Waals surface area contributed by atoms with Gasteiger partial charge >= 0.3 is 5.97 Å². The largest absolute Gasteiger partial charge is 0.476 e. The number of fused-ring (bicyclic) bond motifs is 1. The van der Waals surface area contributed by atoms with Crippen molar-refractivity contribution in [2.45, 2.75) is 19.9 Å². The molecule has 0 amide bonds. The van der Waals surface area contributed by atoms with E-state index in [-0.39, 0.29) is 5.69 Å². The highest BCUT2D eigenvalue weighted by Gasteiger charge is 2.12. The second kappa shape index (κ2) is 5.80. The summed E-state index contributed by atoms with van der Waals surface area (Å²) in [6.45, 7) is 2.59. The number of carbonyl (C=O) groups is 1. The summed E-state index contributed by atoms with van der Waals surface area (Å²) in [5.41, 5.74) is 2.58. The van der Waals surface area contributed by atoms with Crippen molar-refractivity contribution in [2.75, 3.05) is 5.32 Å². The van der Waals surface area contributed by atoms with Crippen LogP contribution in [0.5, 0.6) is 0 Å². The number of pyridine rings is 1. The van der Waals surface area contributed by atoms with E-state index in [1.807, 2.05) is 12.1 Å². The summed E-state index contributed by atoms with van der Waals surface area (Å²) >= 11 is 0. The average molecular weight is 297 g/mol. The van der Waals surface area contributed by atoms with Crippen molar-refractivity contribution in [1.29, 1.82) is 0 Å². The quantitative estimate of drug-likeness (QED) is 0.748. The summed E-state index contributed by atoms with van der Waals surface area (Å²) in [4.78, 5) is 23.6. The zero-order valence-corrected chi connectivity index (χ0v) is 12.0. The molecule has 0 atom stereocenters. The molecular weight excluding hydrogens is 282 g/mol. The Labute approximate surface area is 126 Å². The monoisotopic (exact) mass is 297 g/mol. The lowest BCUT2D eigenvalue weighted by Gasteiger charge is -2.07. The first kappa shape index (κ1) is 14.0. The van der Waals surface area contributed by atoms with Crippen molar-refractivity contribution in [3.63, 3.8) is 0 Å². The molecule has 0 radical (unpaired) electrons. The van der Waals surface area contributed by atoms with Crippen LogP contribution in [0.2, 0.25) is 0 Å². The minimum atomic E-state index is -1.06. The Morgan fingerprint density at radius 3 is 3.00 bits per heavy atom. The molecule has 3 heterocycles. The highest BCUT2D eigenvalue weighted by atomic mass is 16.4. The molecule has 0 bridgehead atoms. The van der Waals surface area contributed by atoms with Crippen molar-refractivity contribution in [2.24, 2.45) is 0 Å². The lowest BCUT2D eigenvalue weighted by atomic mass is 10.2. The second-order valence-corrected chi connectivity index (χ2v) is 4.80. The molecule has 0 saturated heterocycles. The number of aryl methyl sites for hydroxylation is 1. The van der Waals surface area contributed by atoms with Crippen LogP contribution in [-0.4, -0.2) is 30.4 Å². The summed E-state index contributed by atoms with van der Waals surface area (Å²) in [5, 5.41) is 12.2. The number of aromatic carboxylic acids is 1. The Balaban J connectivity index is 1.85. The third-order valence-electron chi connectivity index (χ3n) is 3.32. The van der Waals surface area contributed by atoms with Crippen molar-refractivity contribution in [1.82, 2.24) is 19.4 Å². The molecule has 3 rings (SSSR count). The van der Waals surface area contributed by atoms with E-state index in [4.69, 9.17) is 5.11 Å². The Hall–Kier alpha value is -2.96. The van der Waals surface area contributed by atoms with E-state index in [0.717, 1.165) is 12.1 Å². The van der Waals surface area contributed by atoms with Gasteiger partial charge in [-0.05, 0) is 24.1 Å². The Morgan fingerprint density at radius 2 is 2.23 bits per heavy atom. The molecular formula is C15H15N5O2. The normalized spacial score (nSPS) is 10.8. The highest BCUT2D eigenvalue weighted by Crippen LogP contribution is 2.14. The van der Waals surface area contributed by atoms with E-state index in [2.05, 4.69) is 27.2 Å². The van der Waals surface area contributed by atoms with E-state index < -0.39 is 5.97 Å². The van der Waals surface area contributed by atoms with Crippen molar-refractivity contribution >= 4 is 17.4 Å². The first-order chi connectivity index (χ1) is 10.7. The van der Waals surface area contributed by atoms with E-state index in [0.29, 0.717) is 18.0 Å². The number of nitrogens with one attached hydrogen (secondary N) is 1. The number of nitrogens with zero attached hydrogens (tertiary/aromatic N) is 4. The lowest BCUT2D eigenvalue weighted by Crippen LogP contribution is -2.05. The van der Waals surface area contributed by atoms with Gasteiger partial charge in [0.25, 0.3) is 0 Å². The molecule has 7 heteroatoms. The number of rotatable bonds is 5. The van der Waals surface area contributed by atoms with Crippen LogP contribution in [0.15, 0.2) is 36.9 Å². The van der Waals surface area contributed by atoms with E-state index >= 15 is 0 Å². The van der Waals surface area contributed by atoms with Gasteiger partial charge in [0.1, 0.15) is 0 Å². The Morgan fingerprint density at radius 1 is 1.36 bits per heavy atom. The van der Waals surface area contributed by atoms with Crippen molar-refractivity contribution < 1.29 is 9.90 Å². The van der Waals surface area contributed by atoms with E-state index in [1.165, 1.54) is 11.8 Å². The number of carboxylic acids is 1. The smallest absolute Gasteiger partial charge is 0.356 e. The van der Waals surface area contributed by atoms with Crippen LogP contribution < -0.4 is 5.32 Å². The fourth-order valence-corrected chi connectivity index (χ4v) is 2.17. The van der Waals surface area contributed by atoms with Crippen LogP contribution in [0.3, 0.4) is 0 Å². The topological polar surface area (TPSA) is 92.4 Å².